The van der Waals surface area contributed by atoms with Crippen LogP contribution < -0.4 is 10.2 Å². The van der Waals surface area contributed by atoms with E-state index in [-0.39, 0.29) is 11.9 Å². The Labute approximate surface area is 174 Å². The average Bonchev–Trinajstić information content (AvgIpc) is 3.19. The number of thiophene rings is 2. The minimum atomic E-state index is -0.0611. The number of carbonyl (C=O) groups is 1. The van der Waals surface area contributed by atoms with Crippen LogP contribution in [0.15, 0.2) is 59.3 Å². The molecule has 0 saturated heterocycles. The summed E-state index contributed by atoms with van der Waals surface area (Å²) >= 11 is 3.59. The normalized spacial score (nSPS) is 22.4. The van der Waals surface area contributed by atoms with Gasteiger partial charge in [-0.15, -0.1) is 22.7 Å². The van der Waals surface area contributed by atoms with E-state index in [9.17, 15) is 4.79 Å². The topological polar surface area (TPSA) is 33.5 Å². The van der Waals surface area contributed by atoms with Crippen molar-refractivity contribution < 1.29 is 9.69 Å². The molecule has 1 aliphatic carbocycles. The average molecular weight is 410 g/mol. The predicted octanol–water partition coefficient (Wildman–Crippen LogP) is 3.61. The van der Waals surface area contributed by atoms with Crippen molar-refractivity contribution in [3.05, 3.63) is 80.2 Å². The monoisotopic (exact) mass is 409 g/mol. The number of rotatable bonds is 6. The minimum absolute atomic E-state index is 0.0611. The lowest BCUT2D eigenvalue weighted by Crippen LogP contribution is -3.14. The predicted molar refractivity (Wildman–Crippen MR) is 115 cm³/mol. The molecule has 1 unspecified atom stereocenters. The number of fused-ring (bicyclic) bond motifs is 1. The molecule has 5 heteroatoms. The standard InChI is InChI=1S/C23H24N2OS2/c26-21(24-22(20-7-4-13-27-20)16-5-2-1-3-6-16)15-25-12-10-19-18(11-14-28-19)23(25)17-8-9-17/h1-7,11,13-14,17,22-23H,8-10,12,15H2,(H,24,26)/p+1/t22-,23-/m0/s1. The molecule has 1 saturated carbocycles. The third kappa shape index (κ3) is 3.66. The number of hydrogen-bond donors (Lipinski definition) is 2. The summed E-state index contributed by atoms with van der Waals surface area (Å²) in [6.45, 7) is 1.63. The van der Waals surface area contributed by atoms with E-state index in [4.69, 9.17) is 0 Å². The Hall–Kier alpha value is -1.95. The number of hydrogen-bond acceptors (Lipinski definition) is 3. The van der Waals surface area contributed by atoms with Gasteiger partial charge >= 0.3 is 0 Å². The second kappa shape index (κ2) is 7.82. The van der Waals surface area contributed by atoms with Gasteiger partial charge < -0.3 is 10.2 Å². The van der Waals surface area contributed by atoms with Crippen LogP contribution in [-0.4, -0.2) is 19.0 Å². The van der Waals surface area contributed by atoms with Gasteiger partial charge in [0.25, 0.3) is 5.91 Å². The molecule has 3 nitrogen and oxygen atoms in total. The van der Waals surface area contributed by atoms with Gasteiger partial charge in [-0.05, 0) is 41.3 Å². The van der Waals surface area contributed by atoms with E-state index in [0.717, 1.165) is 24.4 Å². The zero-order chi connectivity index (χ0) is 18.9. The maximum Gasteiger partial charge on any atom is 0.275 e. The van der Waals surface area contributed by atoms with Gasteiger partial charge in [0, 0.05) is 27.7 Å². The zero-order valence-corrected chi connectivity index (χ0v) is 17.4. The van der Waals surface area contributed by atoms with Gasteiger partial charge in [0.1, 0.15) is 6.04 Å². The smallest absolute Gasteiger partial charge is 0.275 e. The quantitative estimate of drug-likeness (QED) is 0.641. The molecule has 28 heavy (non-hydrogen) atoms. The molecule has 2 aliphatic rings. The minimum Gasteiger partial charge on any atom is -0.339 e. The highest BCUT2D eigenvalue weighted by Gasteiger charge is 2.43. The first-order valence-corrected chi connectivity index (χ1v) is 11.8. The second-order valence-corrected chi connectivity index (χ2v) is 9.86. The summed E-state index contributed by atoms with van der Waals surface area (Å²) in [5, 5.41) is 7.64. The van der Waals surface area contributed by atoms with E-state index in [1.165, 1.54) is 28.2 Å². The molecule has 1 amide bonds. The summed E-state index contributed by atoms with van der Waals surface area (Å²) in [5.41, 5.74) is 2.66. The van der Waals surface area contributed by atoms with Crippen LogP contribution in [0.5, 0.6) is 0 Å². The van der Waals surface area contributed by atoms with Crippen LogP contribution in [0.3, 0.4) is 0 Å². The van der Waals surface area contributed by atoms with Crippen LogP contribution in [0.25, 0.3) is 0 Å². The number of nitrogens with one attached hydrogen (secondary N) is 2. The summed E-state index contributed by atoms with van der Waals surface area (Å²) in [5.74, 6) is 0.917. The Balaban J connectivity index is 1.33. The fourth-order valence-corrected chi connectivity index (χ4v) is 6.27. The maximum absolute atomic E-state index is 13.1. The first-order valence-electron chi connectivity index (χ1n) is 10.1. The van der Waals surface area contributed by atoms with E-state index < -0.39 is 0 Å². The molecular formula is C23H25N2OS2+. The summed E-state index contributed by atoms with van der Waals surface area (Å²) in [7, 11) is 0. The van der Waals surface area contributed by atoms with Gasteiger partial charge in [-0.25, -0.2) is 0 Å². The molecule has 1 fully saturated rings. The fraction of sp³-hybridized carbons (Fsp3) is 0.348. The molecule has 0 spiro atoms. The lowest BCUT2D eigenvalue weighted by Gasteiger charge is -2.33. The molecule has 3 atom stereocenters. The van der Waals surface area contributed by atoms with Crippen molar-refractivity contribution in [1.29, 1.82) is 0 Å². The van der Waals surface area contributed by atoms with Crippen LogP contribution in [0.4, 0.5) is 0 Å². The van der Waals surface area contributed by atoms with Crippen LogP contribution in [-0.2, 0) is 11.2 Å². The fourth-order valence-electron chi connectivity index (χ4n) is 4.53. The molecule has 2 aromatic heterocycles. The van der Waals surface area contributed by atoms with Crippen molar-refractivity contribution in [1.82, 2.24) is 5.32 Å². The number of carbonyl (C=O) groups excluding carboxylic acids is 1. The second-order valence-electron chi connectivity index (χ2n) is 7.88. The summed E-state index contributed by atoms with van der Waals surface area (Å²) < 4.78 is 0. The Morgan fingerprint density at radius 1 is 1.07 bits per heavy atom. The molecule has 144 valence electrons. The van der Waals surface area contributed by atoms with Crippen LogP contribution in [0.2, 0.25) is 0 Å². The Morgan fingerprint density at radius 2 is 1.93 bits per heavy atom. The van der Waals surface area contributed by atoms with Gasteiger partial charge in [0.05, 0.1) is 12.6 Å². The molecular weight excluding hydrogens is 384 g/mol. The van der Waals surface area contributed by atoms with Crippen LogP contribution >= 0.6 is 22.7 Å². The van der Waals surface area contributed by atoms with E-state index in [0.29, 0.717) is 12.6 Å². The zero-order valence-electron chi connectivity index (χ0n) is 15.8. The Morgan fingerprint density at radius 3 is 2.68 bits per heavy atom. The highest BCUT2D eigenvalue weighted by atomic mass is 32.1. The Bertz CT molecular complexity index is 931. The van der Waals surface area contributed by atoms with E-state index >= 15 is 0 Å². The largest absolute Gasteiger partial charge is 0.339 e. The molecule has 3 aromatic rings. The van der Waals surface area contributed by atoms with Crippen LogP contribution in [0, 0.1) is 5.92 Å². The lowest BCUT2D eigenvalue weighted by molar-refractivity contribution is -0.928. The van der Waals surface area contributed by atoms with Crippen molar-refractivity contribution in [2.75, 3.05) is 13.1 Å². The highest BCUT2D eigenvalue weighted by molar-refractivity contribution is 7.10. The van der Waals surface area contributed by atoms with Crippen molar-refractivity contribution in [3.63, 3.8) is 0 Å². The molecule has 3 heterocycles. The van der Waals surface area contributed by atoms with E-state index in [1.54, 1.807) is 16.2 Å². The van der Waals surface area contributed by atoms with Gasteiger partial charge in [-0.1, -0.05) is 36.4 Å². The third-order valence-electron chi connectivity index (χ3n) is 5.97. The van der Waals surface area contributed by atoms with E-state index in [1.807, 2.05) is 29.5 Å². The number of benzene rings is 1. The van der Waals surface area contributed by atoms with Gasteiger partial charge in [-0.3, -0.25) is 4.79 Å². The van der Waals surface area contributed by atoms with Crippen molar-refractivity contribution in [3.8, 4) is 0 Å². The first kappa shape index (κ1) is 18.1. The third-order valence-corrected chi connectivity index (χ3v) is 7.91. The van der Waals surface area contributed by atoms with Crippen molar-refractivity contribution >= 4 is 28.6 Å². The molecule has 0 radical (unpaired) electrons. The Kier molecular flexibility index (Phi) is 5.05. The SMILES string of the molecule is O=C(C[NH+]1CCc2sccc2[C@@H]1C1CC1)N[C@@H](c1ccccc1)c1cccs1. The summed E-state index contributed by atoms with van der Waals surface area (Å²) in [6.07, 6.45) is 3.73. The summed E-state index contributed by atoms with van der Waals surface area (Å²) in [6, 6.07) is 17.2. The van der Waals surface area contributed by atoms with Crippen LogP contribution in [0.1, 0.15) is 45.8 Å². The molecule has 1 aliphatic heterocycles. The molecule has 1 aromatic carbocycles. The van der Waals surface area contributed by atoms with E-state index in [2.05, 4.69) is 46.4 Å². The molecule has 2 N–H and O–H groups in total. The van der Waals surface area contributed by atoms with Gasteiger partial charge in [0.2, 0.25) is 0 Å². The molecule has 5 rings (SSSR count). The van der Waals surface area contributed by atoms with Gasteiger partial charge in [-0.2, -0.15) is 0 Å². The summed E-state index contributed by atoms with van der Waals surface area (Å²) in [4.78, 5) is 17.3. The molecule has 0 bridgehead atoms. The first-order chi connectivity index (χ1) is 13.8. The van der Waals surface area contributed by atoms with Crippen molar-refractivity contribution in [2.45, 2.75) is 31.3 Å². The van der Waals surface area contributed by atoms with Gasteiger partial charge in [0.15, 0.2) is 6.54 Å². The lowest BCUT2D eigenvalue weighted by atomic mass is 9.96. The highest BCUT2D eigenvalue weighted by Crippen LogP contribution is 2.42. The number of amides is 1. The number of quaternary nitrogens is 1. The maximum atomic E-state index is 13.1. The van der Waals surface area contributed by atoms with Crippen molar-refractivity contribution in [2.24, 2.45) is 5.92 Å².